The second-order valence-corrected chi connectivity index (χ2v) is 6.00. The molecule has 3 rings (SSSR count). The van der Waals surface area contributed by atoms with E-state index >= 15 is 0 Å². The number of nitrogens with zero attached hydrogens (tertiary/aromatic N) is 1. The Bertz CT molecular complexity index is 748. The summed E-state index contributed by atoms with van der Waals surface area (Å²) in [5.41, 5.74) is 1.30. The second-order valence-electron chi connectivity index (χ2n) is 6.00. The molecule has 0 aliphatic heterocycles. The van der Waals surface area contributed by atoms with Crippen LogP contribution in [0.1, 0.15) is 31.7 Å². The fourth-order valence-electron chi connectivity index (χ4n) is 2.32. The maximum atomic E-state index is 12.7. The van der Waals surface area contributed by atoms with Gasteiger partial charge in [0.15, 0.2) is 0 Å². The van der Waals surface area contributed by atoms with Gasteiger partial charge in [0, 0.05) is 5.57 Å². The van der Waals surface area contributed by atoms with Crippen LogP contribution in [-0.4, -0.2) is 9.97 Å². The molecule has 1 aliphatic carbocycles. The summed E-state index contributed by atoms with van der Waals surface area (Å²) in [6.45, 7) is 4.26. The Morgan fingerprint density at radius 1 is 1.24 bits per heavy atom. The van der Waals surface area contributed by atoms with E-state index in [9.17, 15) is 13.2 Å². The summed E-state index contributed by atoms with van der Waals surface area (Å²) >= 11 is 0. The van der Waals surface area contributed by atoms with Crippen LogP contribution in [0.5, 0.6) is 0 Å². The van der Waals surface area contributed by atoms with Crippen LogP contribution in [0.4, 0.5) is 13.2 Å². The number of nitrogens with one attached hydrogen (secondary N) is 1. The molecule has 110 valence electrons. The van der Waals surface area contributed by atoms with E-state index in [4.69, 9.17) is 0 Å². The summed E-state index contributed by atoms with van der Waals surface area (Å²) in [6, 6.07) is 3.55. The summed E-state index contributed by atoms with van der Waals surface area (Å²) < 4.78 is 38.1. The van der Waals surface area contributed by atoms with E-state index in [1.807, 2.05) is 6.08 Å². The second kappa shape index (κ2) is 4.48. The van der Waals surface area contributed by atoms with Crippen molar-refractivity contribution in [2.45, 2.75) is 26.4 Å². The standard InChI is InChI=1S/C16H15F3N2/c1-15(2)7-5-10(6-8-15)14-20-12-4-3-11(16(17,18)19)9-13(12)21-14/h3-7,9H,8H2,1-2H3,(H,20,21). The normalized spacial score (nSPS) is 18.0. The fourth-order valence-corrected chi connectivity index (χ4v) is 2.32. The van der Waals surface area contributed by atoms with E-state index in [1.54, 1.807) is 0 Å². The number of aromatic amines is 1. The van der Waals surface area contributed by atoms with Gasteiger partial charge in [0.25, 0.3) is 0 Å². The first-order valence-electron chi connectivity index (χ1n) is 6.71. The van der Waals surface area contributed by atoms with Gasteiger partial charge in [-0.25, -0.2) is 4.98 Å². The van der Waals surface area contributed by atoms with Gasteiger partial charge in [-0.15, -0.1) is 0 Å². The van der Waals surface area contributed by atoms with Gasteiger partial charge in [-0.2, -0.15) is 13.2 Å². The summed E-state index contributed by atoms with van der Waals surface area (Å²) in [5.74, 6) is 0.607. The average molecular weight is 292 g/mol. The van der Waals surface area contributed by atoms with Crippen LogP contribution in [-0.2, 0) is 6.18 Å². The van der Waals surface area contributed by atoms with E-state index < -0.39 is 11.7 Å². The Morgan fingerprint density at radius 2 is 2.00 bits per heavy atom. The van der Waals surface area contributed by atoms with Crippen LogP contribution >= 0.6 is 0 Å². The number of aromatic nitrogens is 2. The monoisotopic (exact) mass is 292 g/mol. The molecular formula is C16H15F3N2. The lowest BCUT2D eigenvalue weighted by Crippen LogP contribution is -2.08. The van der Waals surface area contributed by atoms with Crippen LogP contribution in [0, 0.1) is 5.41 Å². The predicted molar refractivity (Wildman–Crippen MR) is 76.6 cm³/mol. The van der Waals surface area contributed by atoms with Gasteiger partial charge < -0.3 is 4.98 Å². The Labute approximate surface area is 120 Å². The third kappa shape index (κ3) is 2.73. The largest absolute Gasteiger partial charge is 0.416 e. The first-order valence-corrected chi connectivity index (χ1v) is 6.71. The highest BCUT2D eigenvalue weighted by atomic mass is 19.4. The molecule has 2 nitrogen and oxygen atoms in total. The van der Waals surface area contributed by atoms with E-state index in [1.165, 1.54) is 6.07 Å². The molecule has 2 aromatic rings. The minimum absolute atomic E-state index is 0.110. The Hall–Kier alpha value is -2.04. The zero-order valence-corrected chi connectivity index (χ0v) is 11.8. The third-order valence-electron chi connectivity index (χ3n) is 3.64. The number of imidazole rings is 1. The van der Waals surface area contributed by atoms with Crippen molar-refractivity contribution >= 4 is 16.6 Å². The number of allylic oxidation sites excluding steroid dienone is 4. The Balaban J connectivity index is 1.99. The molecule has 0 spiro atoms. The summed E-state index contributed by atoms with van der Waals surface area (Å²) in [7, 11) is 0. The van der Waals surface area contributed by atoms with Crippen molar-refractivity contribution in [3.8, 4) is 0 Å². The van der Waals surface area contributed by atoms with Gasteiger partial charge in [-0.05, 0) is 30.0 Å². The SMILES string of the molecule is CC1(C)C=CC(c2nc3ccc(C(F)(F)F)cc3[nH]2)=CC1. The number of hydrogen-bond donors (Lipinski definition) is 1. The molecule has 0 atom stereocenters. The van der Waals surface area contributed by atoms with Crippen LogP contribution < -0.4 is 0 Å². The van der Waals surface area contributed by atoms with Crippen molar-refractivity contribution in [3.63, 3.8) is 0 Å². The van der Waals surface area contributed by atoms with Gasteiger partial charge in [0.1, 0.15) is 5.82 Å². The number of fused-ring (bicyclic) bond motifs is 1. The van der Waals surface area contributed by atoms with Gasteiger partial charge >= 0.3 is 6.18 Å². The smallest absolute Gasteiger partial charge is 0.338 e. The van der Waals surface area contributed by atoms with Gasteiger partial charge in [0.05, 0.1) is 16.6 Å². The van der Waals surface area contributed by atoms with Crippen molar-refractivity contribution in [3.05, 3.63) is 47.8 Å². The molecule has 0 saturated heterocycles. The summed E-state index contributed by atoms with van der Waals surface area (Å²) in [5, 5.41) is 0. The molecule has 0 unspecified atom stereocenters. The number of rotatable bonds is 1. The minimum Gasteiger partial charge on any atom is -0.338 e. The zero-order valence-electron chi connectivity index (χ0n) is 11.8. The molecule has 0 saturated carbocycles. The lowest BCUT2D eigenvalue weighted by atomic mass is 9.84. The lowest BCUT2D eigenvalue weighted by molar-refractivity contribution is -0.137. The molecule has 1 aromatic heterocycles. The van der Waals surface area contributed by atoms with E-state index in [0.29, 0.717) is 16.9 Å². The molecule has 1 heterocycles. The van der Waals surface area contributed by atoms with Crippen molar-refractivity contribution in [1.82, 2.24) is 9.97 Å². The Morgan fingerprint density at radius 3 is 2.62 bits per heavy atom. The number of hydrogen-bond acceptors (Lipinski definition) is 1. The van der Waals surface area contributed by atoms with Crippen LogP contribution in [0.25, 0.3) is 16.6 Å². The first-order chi connectivity index (χ1) is 9.74. The predicted octanol–water partition coefficient (Wildman–Crippen LogP) is 4.95. The summed E-state index contributed by atoms with van der Waals surface area (Å²) in [4.78, 5) is 7.34. The molecule has 1 N–H and O–H groups in total. The Kier molecular flexibility index (Phi) is 2.97. The maximum absolute atomic E-state index is 12.7. The number of H-pyrrole nitrogens is 1. The quantitative estimate of drug-likeness (QED) is 0.791. The van der Waals surface area contributed by atoms with Crippen molar-refractivity contribution in [1.29, 1.82) is 0 Å². The highest BCUT2D eigenvalue weighted by molar-refractivity contribution is 5.82. The van der Waals surface area contributed by atoms with Gasteiger partial charge in [0.2, 0.25) is 0 Å². The van der Waals surface area contributed by atoms with Crippen LogP contribution in [0.3, 0.4) is 0 Å². The average Bonchev–Trinajstić information content (AvgIpc) is 2.80. The van der Waals surface area contributed by atoms with Gasteiger partial charge in [-0.3, -0.25) is 0 Å². The molecule has 1 aromatic carbocycles. The number of halogens is 3. The highest BCUT2D eigenvalue weighted by Gasteiger charge is 2.30. The van der Waals surface area contributed by atoms with E-state index in [-0.39, 0.29) is 5.41 Å². The number of benzene rings is 1. The minimum atomic E-state index is -4.34. The molecule has 0 fully saturated rings. The zero-order chi connectivity index (χ0) is 15.3. The molecule has 1 aliphatic rings. The highest BCUT2D eigenvalue weighted by Crippen LogP contribution is 2.33. The molecule has 21 heavy (non-hydrogen) atoms. The third-order valence-corrected chi connectivity index (χ3v) is 3.64. The van der Waals surface area contributed by atoms with Crippen LogP contribution in [0.2, 0.25) is 0 Å². The van der Waals surface area contributed by atoms with Gasteiger partial charge in [-0.1, -0.05) is 32.1 Å². The van der Waals surface area contributed by atoms with E-state index in [0.717, 1.165) is 24.1 Å². The molecule has 5 heteroatoms. The van der Waals surface area contributed by atoms with Crippen molar-refractivity contribution in [2.24, 2.45) is 5.41 Å². The maximum Gasteiger partial charge on any atom is 0.416 e. The molecular weight excluding hydrogens is 277 g/mol. The first kappa shape index (κ1) is 13.9. The van der Waals surface area contributed by atoms with E-state index in [2.05, 4.69) is 36.0 Å². The number of alkyl halides is 3. The molecule has 0 radical (unpaired) electrons. The topological polar surface area (TPSA) is 28.7 Å². The molecule has 0 amide bonds. The lowest BCUT2D eigenvalue weighted by Gasteiger charge is -2.21. The fraction of sp³-hybridized carbons (Fsp3) is 0.312. The van der Waals surface area contributed by atoms with Crippen molar-refractivity contribution in [2.75, 3.05) is 0 Å². The summed E-state index contributed by atoms with van der Waals surface area (Å²) in [6.07, 6.45) is 2.65. The molecule has 0 bridgehead atoms. The van der Waals surface area contributed by atoms with Crippen LogP contribution in [0.15, 0.2) is 36.4 Å². The van der Waals surface area contributed by atoms with Crippen molar-refractivity contribution < 1.29 is 13.2 Å².